The van der Waals surface area contributed by atoms with Gasteiger partial charge < -0.3 is 9.47 Å². The van der Waals surface area contributed by atoms with Crippen LogP contribution in [0.2, 0.25) is 0 Å². The van der Waals surface area contributed by atoms with Crippen molar-refractivity contribution in [3.05, 3.63) is 101 Å². The summed E-state index contributed by atoms with van der Waals surface area (Å²) in [5.74, 6) is 0. The maximum atomic E-state index is 5.88. The molecule has 0 atom stereocenters. The summed E-state index contributed by atoms with van der Waals surface area (Å²) in [5, 5.41) is 31.6. The number of hydrogen-bond acceptors (Lipinski definition) is 11. The van der Waals surface area contributed by atoms with Crippen molar-refractivity contribution in [3.8, 4) is 0 Å². The Bertz CT molecular complexity index is 1090. The van der Waals surface area contributed by atoms with Gasteiger partial charge in [-0.05, 0) is 38.1 Å². The van der Waals surface area contributed by atoms with Gasteiger partial charge in [-0.3, -0.25) is 4.98 Å². The summed E-state index contributed by atoms with van der Waals surface area (Å²) in [6.07, 6.45) is 1.65. The smallest absolute Gasteiger partial charge is 0.259 e. The van der Waals surface area contributed by atoms with E-state index in [1.165, 1.54) is 0 Å². The summed E-state index contributed by atoms with van der Waals surface area (Å²) < 4.78 is 11.8. The van der Waals surface area contributed by atoms with E-state index < -0.39 is 11.3 Å². The Morgan fingerprint density at radius 1 is 0.559 bits per heavy atom. The number of aromatic nitrogens is 1. The summed E-state index contributed by atoms with van der Waals surface area (Å²) in [6, 6.07) is 23.3. The second-order valence-electron chi connectivity index (χ2n) is 7.78. The number of pyridine rings is 1. The highest BCUT2D eigenvalue weighted by molar-refractivity contribution is 5.27. The van der Waals surface area contributed by atoms with E-state index in [1.807, 2.05) is 66.7 Å². The highest BCUT2D eigenvalue weighted by Gasteiger charge is 2.40. The van der Waals surface area contributed by atoms with E-state index in [-0.39, 0.29) is 13.2 Å². The van der Waals surface area contributed by atoms with Crippen molar-refractivity contribution in [2.75, 3.05) is 13.2 Å². The number of benzene rings is 2. The van der Waals surface area contributed by atoms with Crippen molar-refractivity contribution in [1.29, 1.82) is 0 Å². The molecule has 0 amide bonds. The first-order chi connectivity index (χ1) is 16.8. The van der Waals surface area contributed by atoms with Crippen LogP contribution in [0.3, 0.4) is 0 Å². The molecule has 0 bridgehead atoms. The van der Waals surface area contributed by atoms with Crippen LogP contribution >= 0.6 is 0 Å². The van der Waals surface area contributed by atoms with Crippen molar-refractivity contribution < 1.29 is 9.47 Å². The first-order valence-electron chi connectivity index (χ1n) is 10.7. The minimum Gasteiger partial charge on any atom is -0.372 e. The van der Waals surface area contributed by atoms with Crippen molar-refractivity contribution in [2.24, 2.45) is 41.4 Å². The Balaban J connectivity index is 1.28. The molecule has 2 aliphatic rings. The van der Waals surface area contributed by atoms with Crippen LogP contribution in [0, 0.1) is 0 Å². The molecule has 34 heavy (non-hydrogen) atoms. The minimum absolute atomic E-state index is 0.145. The quantitative estimate of drug-likeness (QED) is 0.401. The Morgan fingerprint density at radius 2 is 1.06 bits per heavy atom. The molecule has 1 aromatic heterocycles. The van der Waals surface area contributed by atoms with Crippen LogP contribution in [0.1, 0.15) is 22.4 Å². The van der Waals surface area contributed by atoms with Crippen molar-refractivity contribution in [1.82, 2.24) is 4.98 Å². The van der Waals surface area contributed by atoms with Crippen LogP contribution in [0.4, 0.5) is 0 Å². The van der Waals surface area contributed by atoms with E-state index in [9.17, 15) is 0 Å². The molecule has 0 saturated heterocycles. The van der Waals surface area contributed by atoms with Crippen LogP contribution in [0.5, 0.6) is 0 Å². The third kappa shape index (κ3) is 4.65. The third-order valence-corrected chi connectivity index (χ3v) is 5.39. The van der Waals surface area contributed by atoms with Crippen molar-refractivity contribution in [3.63, 3.8) is 0 Å². The van der Waals surface area contributed by atoms with Crippen LogP contribution in [0.15, 0.2) is 120 Å². The molecule has 170 valence electrons. The van der Waals surface area contributed by atoms with Gasteiger partial charge in [-0.15, -0.1) is 20.5 Å². The molecule has 2 aromatic carbocycles. The summed E-state index contributed by atoms with van der Waals surface area (Å²) in [5.41, 5.74) is 1.09. The second-order valence-corrected chi connectivity index (χ2v) is 7.78. The average Bonchev–Trinajstić information content (AvgIpc) is 3.57. The molecule has 3 aromatic rings. The van der Waals surface area contributed by atoms with Crippen molar-refractivity contribution >= 4 is 0 Å². The normalized spacial score (nSPS) is 16.9. The van der Waals surface area contributed by atoms with Gasteiger partial charge in [0.15, 0.2) is 0 Å². The Labute approximate surface area is 195 Å². The maximum Gasteiger partial charge on any atom is 0.259 e. The predicted octanol–water partition coefficient (Wildman–Crippen LogP) is 5.49. The van der Waals surface area contributed by atoms with Crippen LogP contribution < -0.4 is 0 Å². The molecule has 0 radical (unpaired) electrons. The standard InChI is InChI=1S/C23H21N9O2/c1-3-7-18(8-4-1)14-33-16-22(25-29-30-26-22)20-11-12-21(24-13-20)23(27-31-32-28-23)17-34-15-19-9-5-2-6-10-19/h1-13H,14-17H2. The summed E-state index contributed by atoms with van der Waals surface area (Å²) in [6.45, 7) is 1.14. The summed E-state index contributed by atoms with van der Waals surface area (Å²) >= 11 is 0. The fourth-order valence-corrected chi connectivity index (χ4v) is 3.55. The lowest BCUT2D eigenvalue weighted by Crippen LogP contribution is -2.29. The molecule has 2 aliphatic heterocycles. The molecule has 0 spiro atoms. The largest absolute Gasteiger partial charge is 0.372 e. The second kappa shape index (κ2) is 9.81. The highest BCUT2D eigenvalue weighted by Crippen LogP contribution is 2.36. The fourth-order valence-electron chi connectivity index (χ4n) is 3.55. The summed E-state index contributed by atoms with van der Waals surface area (Å²) in [7, 11) is 0. The van der Waals surface area contributed by atoms with Gasteiger partial charge in [0.05, 0.1) is 18.9 Å². The molecular weight excluding hydrogens is 434 g/mol. The molecule has 3 heterocycles. The fraction of sp³-hybridized carbons (Fsp3) is 0.261. The van der Waals surface area contributed by atoms with Gasteiger partial charge in [0.2, 0.25) is 5.66 Å². The van der Waals surface area contributed by atoms with Gasteiger partial charge in [-0.25, -0.2) is 0 Å². The zero-order valence-corrected chi connectivity index (χ0v) is 18.2. The molecule has 11 heteroatoms. The van der Waals surface area contributed by atoms with E-state index in [4.69, 9.17) is 9.47 Å². The molecule has 0 fully saturated rings. The zero-order chi connectivity index (χ0) is 23.1. The van der Waals surface area contributed by atoms with Gasteiger partial charge in [-0.2, -0.15) is 0 Å². The van der Waals surface area contributed by atoms with E-state index in [2.05, 4.69) is 46.3 Å². The van der Waals surface area contributed by atoms with Gasteiger partial charge in [0.25, 0.3) is 5.66 Å². The predicted molar refractivity (Wildman–Crippen MR) is 119 cm³/mol. The van der Waals surface area contributed by atoms with Gasteiger partial charge in [0, 0.05) is 11.8 Å². The molecule has 0 N–H and O–H groups in total. The Morgan fingerprint density at radius 3 is 1.56 bits per heavy atom. The first kappa shape index (κ1) is 21.7. The monoisotopic (exact) mass is 455 g/mol. The summed E-state index contributed by atoms with van der Waals surface area (Å²) in [4.78, 5) is 4.57. The van der Waals surface area contributed by atoms with Gasteiger partial charge in [0.1, 0.15) is 13.2 Å². The molecular formula is C23H21N9O2. The Hall–Kier alpha value is -4.09. The van der Waals surface area contributed by atoms with Crippen LogP contribution in [-0.2, 0) is 34.0 Å². The molecule has 0 unspecified atom stereocenters. The lowest BCUT2D eigenvalue weighted by atomic mass is 10.0. The lowest BCUT2D eigenvalue weighted by Gasteiger charge is -2.22. The zero-order valence-electron chi connectivity index (χ0n) is 18.2. The number of rotatable bonds is 10. The Kier molecular flexibility index (Phi) is 6.27. The molecule has 0 aliphatic carbocycles. The van der Waals surface area contributed by atoms with Gasteiger partial charge in [-0.1, -0.05) is 66.7 Å². The third-order valence-electron chi connectivity index (χ3n) is 5.39. The lowest BCUT2D eigenvalue weighted by molar-refractivity contribution is 0.0722. The van der Waals surface area contributed by atoms with E-state index in [0.717, 1.165) is 11.1 Å². The number of ether oxygens (including phenoxy) is 2. The van der Waals surface area contributed by atoms with Gasteiger partial charge >= 0.3 is 0 Å². The highest BCUT2D eigenvalue weighted by atomic mass is 16.5. The molecule has 0 saturated carbocycles. The van der Waals surface area contributed by atoms with E-state index >= 15 is 0 Å². The van der Waals surface area contributed by atoms with Crippen LogP contribution in [0.25, 0.3) is 0 Å². The van der Waals surface area contributed by atoms with Crippen molar-refractivity contribution in [2.45, 2.75) is 24.5 Å². The molecule has 11 nitrogen and oxygen atoms in total. The minimum atomic E-state index is -1.14. The van der Waals surface area contributed by atoms with E-state index in [0.29, 0.717) is 24.5 Å². The maximum absolute atomic E-state index is 5.88. The first-order valence-corrected chi connectivity index (χ1v) is 10.7. The van der Waals surface area contributed by atoms with Crippen LogP contribution in [-0.4, -0.2) is 18.2 Å². The number of hydrogen-bond donors (Lipinski definition) is 0. The van der Waals surface area contributed by atoms with E-state index in [1.54, 1.807) is 12.3 Å². The average molecular weight is 455 g/mol. The SMILES string of the molecule is c1ccc(COCC2(c3ccc(C4(COCc5ccccc5)N=NN=N4)nc3)N=NN=N2)cc1. The topological polar surface area (TPSA) is 130 Å². The molecule has 5 rings (SSSR count). The number of nitrogens with zero attached hydrogens (tertiary/aromatic N) is 9.